The summed E-state index contributed by atoms with van der Waals surface area (Å²) in [5.74, 6) is -0.551. The van der Waals surface area contributed by atoms with Gasteiger partial charge in [0.2, 0.25) is 0 Å². The molecule has 0 amide bonds. The van der Waals surface area contributed by atoms with Crippen LogP contribution in [0.2, 0.25) is 0 Å². The van der Waals surface area contributed by atoms with E-state index in [2.05, 4.69) is 48.5 Å². The smallest absolute Gasteiger partial charge is 0.258 e. The summed E-state index contributed by atoms with van der Waals surface area (Å²) >= 11 is 0. The second kappa shape index (κ2) is 17.3. The maximum atomic E-state index is 11.3. The molecule has 0 aliphatic heterocycles. The maximum absolute atomic E-state index is 11.3. The molecule has 12 nitrogen and oxygen atoms in total. The second-order valence-corrected chi connectivity index (χ2v) is 14.7. The molecule has 8 aromatic carbocycles. The Kier molecular flexibility index (Phi) is 11.2. The minimum atomic E-state index is -0.429. The van der Waals surface area contributed by atoms with Crippen LogP contribution >= 0.6 is 0 Å². The summed E-state index contributed by atoms with van der Waals surface area (Å²) in [5, 5.41) is 45.3. The number of rotatable bonds is 13. The minimum Gasteiger partial charge on any atom is -0.258 e. The number of hydrogen-bond donors (Lipinski definition) is 0. The summed E-state index contributed by atoms with van der Waals surface area (Å²) < 4.78 is 0. The second-order valence-electron chi connectivity index (χ2n) is 14.7. The van der Waals surface area contributed by atoms with E-state index in [0.717, 1.165) is 66.8 Å². The highest BCUT2D eigenvalue weighted by molar-refractivity contribution is 5.70. The first-order valence-corrected chi connectivity index (χ1v) is 19.4. The molecule has 0 heterocycles. The molecule has 0 aromatic heterocycles. The first kappa shape index (κ1) is 40.2. The van der Waals surface area contributed by atoms with Crippen molar-refractivity contribution in [3.8, 4) is 44.5 Å². The first-order chi connectivity index (χ1) is 30.0. The van der Waals surface area contributed by atoms with E-state index in [9.17, 15) is 40.5 Å². The third-order valence-electron chi connectivity index (χ3n) is 11.1. The lowest BCUT2D eigenvalue weighted by atomic mass is 9.73. The highest BCUT2D eigenvalue weighted by Gasteiger charge is 2.29. The van der Waals surface area contributed by atoms with E-state index in [1.54, 1.807) is 48.5 Å². The first-order valence-electron chi connectivity index (χ1n) is 19.4. The zero-order valence-electron chi connectivity index (χ0n) is 32.7. The van der Waals surface area contributed by atoms with Crippen molar-refractivity contribution in [2.24, 2.45) is 0 Å². The van der Waals surface area contributed by atoms with Crippen molar-refractivity contribution in [1.29, 1.82) is 0 Å². The summed E-state index contributed by atoms with van der Waals surface area (Å²) in [5.41, 5.74) is 10.8. The average molecular weight is 819 g/mol. The van der Waals surface area contributed by atoms with Gasteiger partial charge in [-0.1, -0.05) is 97.1 Å². The maximum Gasteiger partial charge on any atom is 0.269 e. The minimum absolute atomic E-state index is 0.00430. The van der Waals surface area contributed by atoms with Crippen LogP contribution in [0.5, 0.6) is 0 Å². The van der Waals surface area contributed by atoms with Gasteiger partial charge in [-0.05, 0) is 115 Å². The molecule has 302 valence electrons. The molecule has 0 radical (unpaired) electrons. The summed E-state index contributed by atoms with van der Waals surface area (Å²) in [6, 6.07) is 58.2. The fourth-order valence-electron chi connectivity index (χ4n) is 7.79. The lowest BCUT2D eigenvalue weighted by Crippen LogP contribution is -2.15. The Hall–Kier alpha value is -8.64. The fraction of sp³-hybridized carbons (Fsp3) is 0.0400. The van der Waals surface area contributed by atoms with Gasteiger partial charge in [-0.15, -0.1) is 0 Å². The zero-order valence-corrected chi connectivity index (χ0v) is 32.7. The molecular weight excluding hydrogens is 785 g/mol. The van der Waals surface area contributed by atoms with Gasteiger partial charge in [0.15, 0.2) is 0 Å². The van der Waals surface area contributed by atoms with Crippen LogP contribution in [0.4, 0.5) is 22.7 Å². The Morgan fingerprint density at radius 2 is 0.355 bits per heavy atom. The Bertz CT molecular complexity index is 2500. The summed E-state index contributed by atoms with van der Waals surface area (Å²) in [6.45, 7) is 0. The van der Waals surface area contributed by atoms with Crippen molar-refractivity contribution in [2.75, 3.05) is 0 Å². The van der Waals surface area contributed by atoms with E-state index in [-0.39, 0.29) is 34.6 Å². The Balaban J connectivity index is 1.24. The number of hydrogen-bond acceptors (Lipinski definition) is 8. The molecule has 0 spiro atoms. The van der Waals surface area contributed by atoms with Crippen molar-refractivity contribution in [2.45, 2.75) is 11.8 Å². The van der Waals surface area contributed by atoms with Gasteiger partial charge in [0.05, 0.1) is 19.7 Å². The van der Waals surface area contributed by atoms with Gasteiger partial charge in [-0.25, -0.2) is 0 Å². The van der Waals surface area contributed by atoms with Crippen molar-refractivity contribution < 1.29 is 19.7 Å². The Morgan fingerprint density at radius 1 is 0.226 bits per heavy atom. The predicted molar refractivity (Wildman–Crippen MR) is 238 cm³/mol. The van der Waals surface area contributed by atoms with E-state index in [1.165, 1.54) is 48.5 Å². The standard InChI is InChI=1S/C50H34N4O8/c55-51(56)45-25-17-37(18-26-45)33-1-9-41(10-2-33)49(42-11-3-34(4-12-42)38-19-27-46(28-20-38)52(57)58)50(43-13-5-35(6-14-43)39-21-29-47(30-22-39)53(59)60)44-15-7-36(8-16-44)40-23-31-48(32-24-40)54(61)62/h1-32,49-50H. The van der Waals surface area contributed by atoms with Gasteiger partial charge >= 0.3 is 0 Å². The average Bonchev–Trinajstić information content (AvgIpc) is 3.31. The van der Waals surface area contributed by atoms with E-state index >= 15 is 0 Å². The van der Waals surface area contributed by atoms with Gasteiger partial charge in [0.1, 0.15) is 0 Å². The summed E-state index contributed by atoms with van der Waals surface area (Å²) in [7, 11) is 0. The third kappa shape index (κ3) is 8.56. The largest absolute Gasteiger partial charge is 0.269 e. The van der Waals surface area contributed by atoms with Gasteiger partial charge in [-0.2, -0.15) is 0 Å². The molecular formula is C50H34N4O8. The monoisotopic (exact) mass is 818 g/mol. The highest BCUT2D eigenvalue weighted by atomic mass is 16.6. The lowest BCUT2D eigenvalue weighted by molar-refractivity contribution is -0.385. The molecule has 0 atom stereocenters. The van der Waals surface area contributed by atoms with Crippen molar-refractivity contribution >= 4 is 22.7 Å². The number of non-ortho nitro benzene ring substituents is 4. The van der Waals surface area contributed by atoms with E-state index in [0.29, 0.717) is 0 Å². The molecule has 0 fully saturated rings. The Morgan fingerprint density at radius 3 is 0.484 bits per heavy atom. The molecule has 0 unspecified atom stereocenters. The van der Waals surface area contributed by atoms with Crippen LogP contribution in [0, 0.1) is 40.5 Å². The van der Waals surface area contributed by atoms with Crippen LogP contribution in [0.25, 0.3) is 44.5 Å². The van der Waals surface area contributed by atoms with E-state index in [4.69, 9.17) is 0 Å². The Labute approximate surface area is 354 Å². The van der Waals surface area contributed by atoms with Gasteiger partial charge < -0.3 is 0 Å². The van der Waals surface area contributed by atoms with Gasteiger partial charge in [0.25, 0.3) is 22.7 Å². The van der Waals surface area contributed by atoms with Crippen LogP contribution in [0.1, 0.15) is 34.1 Å². The molecule has 8 rings (SSSR count). The van der Waals surface area contributed by atoms with E-state index in [1.807, 2.05) is 48.5 Å². The van der Waals surface area contributed by atoms with Crippen LogP contribution in [-0.4, -0.2) is 19.7 Å². The van der Waals surface area contributed by atoms with Crippen molar-refractivity contribution in [1.82, 2.24) is 0 Å². The van der Waals surface area contributed by atoms with Gasteiger partial charge in [-0.3, -0.25) is 40.5 Å². The molecule has 62 heavy (non-hydrogen) atoms. The quantitative estimate of drug-likeness (QED) is 0.0816. The van der Waals surface area contributed by atoms with E-state index < -0.39 is 19.7 Å². The third-order valence-corrected chi connectivity index (χ3v) is 11.1. The van der Waals surface area contributed by atoms with Crippen molar-refractivity contribution in [3.05, 3.63) is 257 Å². The van der Waals surface area contributed by atoms with Crippen LogP contribution in [0.15, 0.2) is 194 Å². The van der Waals surface area contributed by atoms with Crippen LogP contribution in [-0.2, 0) is 0 Å². The van der Waals surface area contributed by atoms with Gasteiger partial charge in [0, 0.05) is 60.4 Å². The normalized spacial score (nSPS) is 11.1. The topological polar surface area (TPSA) is 173 Å². The molecule has 0 saturated heterocycles. The molecule has 0 N–H and O–H groups in total. The molecule has 12 heteroatoms. The number of benzene rings is 8. The molecule has 0 bridgehead atoms. The number of nitrogens with zero attached hydrogens (tertiary/aromatic N) is 4. The SMILES string of the molecule is O=[N+]([O-])c1ccc(-c2ccc(C(c3ccc(-c4ccc([N+](=O)[O-])cc4)cc3)C(c3ccc(-c4ccc([N+](=O)[O-])cc4)cc3)c3ccc(-c4ccc([N+](=O)[O-])cc4)cc3)cc2)cc1. The van der Waals surface area contributed by atoms with Crippen molar-refractivity contribution in [3.63, 3.8) is 0 Å². The molecule has 8 aromatic rings. The molecule has 0 aliphatic carbocycles. The summed E-state index contributed by atoms with van der Waals surface area (Å²) in [6.07, 6.45) is 0. The fourth-order valence-corrected chi connectivity index (χ4v) is 7.79. The number of nitro groups is 4. The summed E-state index contributed by atoms with van der Waals surface area (Å²) in [4.78, 5) is 43.6. The lowest BCUT2D eigenvalue weighted by Gasteiger charge is -2.30. The van der Waals surface area contributed by atoms with Crippen LogP contribution in [0.3, 0.4) is 0 Å². The van der Waals surface area contributed by atoms with Crippen LogP contribution < -0.4 is 0 Å². The number of nitro benzene ring substituents is 4. The molecule has 0 aliphatic rings. The zero-order chi connectivity index (χ0) is 43.3. The highest BCUT2D eigenvalue weighted by Crippen LogP contribution is 2.45. The molecule has 0 saturated carbocycles. The predicted octanol–water partition coefficient (Wildman–Crippen LogP) is 13.0.